The fraction of sp³-hybridized carbons (Fsp3) is 0.846. The SMILES string of the molecule is CC#CCCNC(CCC)CCCC. The van der Waals surface area contributed by atoms with Crippen molar-refractivity contribution >= 4 is 0 Å². The summed E-state index contributed by atoms with van der Waals surface area (Å²) in [6.45, 7) is 7.47. The van der Waals surface area contributed by atoms with E-state index >= 15 is 0 Å². The minimum absolute atomic E-state index is 0.721. The van der Waals surface area contributed by atoms with Gasteiger partial charge < -0.3 is 5.32 Å². The molecule has 1 N–H and O–H groups in total. The average molecular weight is 195 g/mol. The van der Waals surface area contributed by atoms with E-state index < -0.39 is 0 Å². The van der Waals surface area contributed by atoms with Crippen molar-refractivity contribution in [3.8, 4) is 11.8 Å². The molecular formula is C13H25N. The van der Waals surface area contributed by atoms with Gasteiger partial charge in [-0.2, -0.15) is 0 Å². The van der Waals surface area contributed by atoms with Crippen molar-refractivity contribution in [1.29, 1.82) is 0 Å². The van der Waals surface area contributed by atoms with Crippen LogP contribution in [0.2, 0.25) is 0 Å². The van der Waals surface area contributed by atoms with Crippen LogP contribution in [0.3, 0.4) is 0 Å². The van der Waals surface area contributed by atoms with Crippen LogP contribution in [0.25, 0.3) is 0 Å². The fourth-order valence-electron chi connectivity index (χ4n) is 1.61. The summed E-state index contributed by atoms with van der Waals surface area (Å²) in [5.41, 5.74) is 0. The Bertz CT molecular complexity index is 164. The van der Waals surface area contributed by atoms with Crippen LogP contribution >= 0.6 is 0 Å². The zero-order valence-corrected chi connectivity index (χ0v) is 10.0. The van der Waals surface area contributed by atoms with E-state index in [-0.39, 0.29) is 0 Å². The number of hydrogen-bond acceptors (Lipinski definition) is 1. The molecule has 0 radical (unpaired) electrons. The summed E-state index contributed by atoms with van der Waals surface area (Å²) in [5.74, 6) is 6.02. The molecule has 0 aromatic carbocycles. The second-order valence-electron chi connectivity index (χ2n) is 3.76. The summed E-state index contributed by atoms with van der Waals surface area (Å²) in [7, 11) is 0. The van der Waals surface area contributed by atoms with Crippen LogP contribution in [-0.2, 0) is 0 Å². The van der Waals surface area contributed by atoms with E-state index in [0.29, 0.717) is 0 Å². The van der Waals surface area contributed by atoms with Gasteiger partial charge in [0.05, 0.1) is 0 Å². The minimum atomic E-state index is 0.721. The molecule has 0 fully saturated rings. The molecule has 0 rings (SSSR count). The van der Waals surface area contributed by atoms with Crippen molar-refractivity contribution in [2.75, 3.05) is 6.54 Å². The maximum atomic E-state index is 3.59. The van der Waals surface area contributed by atoms with Crippen LogP contribution in [0.15, 0.2) is 0 Å². The monoisotopic (exact) mass is 195 g/mol. The first-order valence-corrected chi connectivity index (χ1v) is 5.98. The smallest absolute Gasteiger partial charge is 0.0214 e. The first kappa shape index (κ1) is 13.5. The van der Waals surface area contributed by atoms with Crippen LogP contribution in [0.1, 0.15) is 59.3 Å². The summed E-state index contributed by atoms with van der Waals surface area (Å²) in [6, 6.07) is 0.721. The van der Waals surface area contributed by atoms with Crippen LogP contribution in [0, 0.1) is 11.8 Å². The third kappa shape index (κ3) is 8.13. The molecule has 0 saturated heterocycles. The fourth-order valence-corrected chi connectivity index (χ4v) is 1.61. The predicted octanol–water partition coefficient (Wildman–Crippen LogP) is 3.35. The van der Waals surface area contributed by atoms with Crippen molar-refractivity contribution in [3.63, 3.8) is 0 Å². The van der Waals surface area contributed by atoms with E-state index in [4.69, 9.17) is 0 Å². The highest BCUT2D eigenvalue weighted by Gasteiger charge is 2.04. The van der Waals surface area contributed by atoms with Crippen molar-refractivity contribution in [3.05, 3.63) is 0 Å². The van der Waals surface area contributed by atoms with Crippen molar-refractivity contribution in [1.82, 2.24) is 5.32 Å². The lowest BCUT2D eigenvalue weighted by Gasteiger charge is -2.16. The molecule has 0 aromatic rings. The van der Waals surface area contributed by atoms with Crippen molar-refractivity contribution < 1.29 is 0 Å². The van der Waals surface area contributed by atoms with E-state index in [9.17, 15) is 0 Å². The molecule has 14 heavy (non-hydrogen) atoms. The van der Waals surface area contributed by atoms with Crippen LogP contribution < -0.4 is 5.32 Å². The molecule has 0 amide bonds. The Balaban J connectivity index is 3.53. The molecule has 1 nitrogen and oxygen atoms in total. The Morgan fingerprint density at radius 2 is 1.93 bits per heavy atom. The standard InChI is InChI=1S/C13H25N/c1-4-7-9-12-14-13(10-6-3)11-8-5-2/h13-14H,5-6,8-12H2,1-3H3. The molecule has 0 bridgehead atoms. The maximum Gasteiger partial charge on any atom is 0.0214 e. The van der Waals surface area contributed by atoms with Gasteiger partial charge in [-0.15, -0.1) is 11.8 Å². The topological polar surface area (TPSA) is 12.0 Å². The number of hydrogen-bond donors (Lipinski definition) is 1. The minimum Gasteiger partial charge on any atom is -0.313 e. The van der Waals surface area contributed by atoms with Gasteiger partial charge in [0, 0.05) is 19.0 Å². The van der Waals surface area contributed by atoms with Crippen molar-refractivity contribution in [2.24, 2.45) is 0 Å². The third-order valence-electron chi connectivity index (χ3n) is 2.40. The van der Waals surface area contributed by atoms with Crippen molar-refractivity contribution in [2.45, 2.75) is 65.3 Å². The molecule has 0 saturated carbocycles. The Morgan fingerprint density at radius 1 is 1.14 bits per heavy atom. The lowest BCUT2D eigenvalue weighted by atomic mass is 10.1. The van der Waals surface area contributed by atoms with Crippen LogP contribution in [0.4, 0.5) is 0 Å². The van der Waals surface area contributed by atoms with E-state index in [2.05, 4.69) is 31.0 Å². The molecule has 0 aromatic heterocycles. The molecule has 0 spiro atoms. The summed E-state index contributed by atoms with van der Waals surface area (Å²) in [4.78, 5) is 0. The second-order valence-corrected chi connectivity index (χ2v) is 3.76. The van der Waals surface area contributed by atoms with Gasteiger partial charge >= 0.3 is 0 Å². The van der Waals surface area contributed by atoms with Gasteiger partial charge in [0.1, 0.15) is 0 Å². The van der Waals surface area contributed by atoms with E-state index in [1.807, 2.05) is 6.92 Å². The second kappa shape index (κ2) is 10.6. The van der Waals surface area contributed by atoms with Crippen LogP contribution in [-0.4, -0.2) is 12.6 Å². The van der Waals surface area contributed by atoms with E-state index in [1.54, 1.807) is 0 Å². The zero-order valence-electron chi connectivity index (χ0n) is 10.0. The lowest BCUT2D eigenvalue weighted by Crippen LogP contribution is -2.29. The summed E-state index contributed by atoms with van der Waals surface area (Å²) >= 11 is 0. The predicted molar refractivity (Wildman–Crippen MR) is 64.3 cm³/mol. The highest BCUT2D eigenvalue weighted by atomic mass is 14.9. The first-order valence-electron chi connectivity index (χ1n) is 5.98. The van der Waals surface area contributed by atoms with Gasteiger partial charge in [-0.05, 0) is 19.8 Å². The molecule has 1 atom stereocenters. The Hall–Kier alpha value is -0.480. The maximum absolute atomic E-state index is 3.59. The molecule has 0 aliphatic carbocycles. The van der Waals surface area contributed by atoms with E-state index in [0.717, 1.165) is 19.0 Å². The van der Waals surface area contributed by atoms with Gasteiger partial charge in [0.25, 0.3) is 0 Å². The highest BCUT2D eigenvalue weighted by Crippen LogP contribution is 2.06. The molecular weight excluding hydrogens is 170 g/mol. The molecule has 0 aliphatic rings. The molecule has 1 unspecified atom stereocenters. The Labute approximate surface area is 89.7 Å². The van der Waals surface area contributed by atoms with Gasteiger partial charge in [-0.25, -0.2) is 0 Å². The molecule has 0 aliphatic heterocycles. The number of unbranched alkanes of at least 4 members (excludes halogenated alkanes) is 1. The lowest BCUT2D eigenvalue weighted by molar-refractivity contribution is 0.440. The average Bonchev–Trinajstić information content (AvgIpc) is 2.20. The van der Waals surface area contributed by atoms with Gasteiger partial charge in [0.15, 0.2) is 0 Å². The largest absolute Gasteiger partial charge is 0.313 e. The quantitative estimate of drug-likeness (QED) is 0.462. The Morgan fingerprint density at radius 3 is 2.50 bits per heavy atom. The molecule has 0 heterocycles. The normalized spacial score (nSPS) is 11.9. The molecule has 1 heteroatoms. The number of rotatable bonds is 8. The number of nitrogens with one attached hydrogen (secondary N) is 1. The van der Waals surface area contributed by atoms with Gasteiger partial charge in [0.2, 0.25) is 0 Å². The summed E-state index contributed by atoms with van der Waals surface area (Å²) in [6.07, 6.45) is 7.54. The highest BCUT2D eigenvalue weighted by molar-refractivity contribution is 4.95. The summed E-state index contributed by atoms with van der Waals surface area (Å²) in [5, 5.41) is 3.59. The van der Waals surface area contributed by atoms with Gasteiger partial charge in [-0.3, -0.25) is 0 Å². The first-order chi connectivity index (χ1) is 6.85. The zero-order chi connectivity index (χ0) is 10.6. The third-order valence-corrected chi connectivity index (χ3v) is 2.40. The Kier molecular flexibility index (Phi) is 10.2. The summed E-state index contributed by atoms with van der Waals surface area (Å²) < 4.78 is 0. The van der Waals surface area contributed by atoms with E-state index in [1.165, 1.54) is 32.1 Å². The van der Waals surface area contributed by atoms with Crippen LogP contribution in [0.5, 0.6) is 0 Å². The van der Waals surface area contributed by atoms with Gasteiger partial charge in [-0.1, -0.05) is 33.1 Å². The molecule has 82 valence electrons.